The largest absolute Gasteiger partial charge is 0.493 e. The molecule has 0 fully saturated rings. The van der Waals surface area contributed by atoms with Crippen molar-refractivity contribution >= 4 is 43.8 Å². The van der Waals surface area contributed by atoms with Crippen molar-refractivity contribution in [2.75, 3.05) is 24.0 Å². The molecule has 0 saturated carbocycles. The van der Waals surface area contributed by atoms with E-state index in [0.29, 0.717) is 22.9 Å². The van der Waals surface area contributed by atoms with Gasteiger partial charge in [0.15, 0.2) is 32.2 Å². The van der Waals surface area contributed by atoms with Gasteiger partial charge in [0.05, 0.1) is 19.0 Å². The van der Waals surface area contributed by atoms with Crippen LogP contribution in [0.15, 0.2) is 58.9 Å². The van der Waals surface area contributed by atoms with E-state index in [9.17, 15) is 18.0 Å². The number of rotatable bonds is 8. The Bertz CT molecular complexity index is 1210. The number of anilines is 2. The average molecular weight is 462 g/mol. The van der Waals surface area contributed by atoms with Crippen LogP contribution in [-0.2, 0) is 19.4 Å². The second-order valence-electron chi connectivity index (χ2n) is 6.28. The lowest BCUT2D eigenvalue weighted by atomic mass is 10.2. The number of ether oxygens (including phenoxy) is 2. The van der Waals surface area contributed by atoms with Crippen LogP contribution in [0.5, 0.6) is 17.2 Å². The molecule has 0 spiro atoms. The number of thiazole rings is 1. The molecule has 31 heavy (non-hydrogen) atoms. The summed E-state index contributed by atoms with van der Waals surface area (Å²) >= 11 is 0.812. The number of carbonyl (C=O) groups is 2. The molecule has 0 aliphatic heterocycles. The van der Waals surface area contributed by atoms with E-state index in [4.69, 9.17) is 9.47 Å². The van der Waals surface area contributed by atoms with Crippen molar-refractivity contribution in [1.29, 1.82) is 0 Å². The fraction of sp³-hybridized carbons (Fsp3) is 0.150. The summed E-state index contributed by atoms with van der Waals surface area (Å²) in [6.45, 7) is 0. The number of hydrogen-bond donors (Lipinski definition) is 2. The Labute approximate surface area is 183 Å². The van der Waals surface area contributed by atoms with Gasteiger partial charge in [-0.3, -0.25) is 9.59 Å². The molecule has 3 rings (SSSR count). The summed E-state index contributed by atoms with van der Waals surface area (Å²) < 4.78 is 34.1. The van der Waals surface area contributed by atoms with Crippen molar-refractivity contribution in [2.24, 2.45) is 0 Å². The molecule has 11 heteroatoms. The maximum Gasteiger partial charge on any atom is 0.235 e. The fourth-order valence-corrected chi connectivity index (χ4v) is 4.13. The summed E-state index contributed by atoms with van der Waals surface area (Å²) in [6.07, 6.45) is 1.71. The maximum absolute atomic E-state index is 12.3. The first kappa shape index (κ1) is 22.2. The Kier molecular flexibility index (Phi) is 6.88. The van der Waals surface area contributed by atoms with Gasteiger partial charge in [-0.2, -0.15) is 0 Å². The van der Waals surface area contributed by atoms with E-state index in [-0.39, 0.29) is 9.34 Å². The van der Waals surface area contributed by atoms with Crippen molar-refractivity contribution in [2.45, 2.75) is 10.6 Å². The van der Waals surface area contributed by atoms with Crippen molar-refractivity contribution in [1.82, 2.24) is 4.98 Å². The van der Waals surface area contributed by atoms with Crippen molar-refractivity contribution in [3.8, 4) is 17.2 Å². The van der Waals surface area contributed by atoms with Crippen LogP contribution in [-0.4, -0.2) is 38.6 Å². The highest BCUT2D eigenvalue weighted by Gasteiger charge is 2.17. The zero-order chi connectivity index (χ0) is 22.4. The molecule has 0 bridgehead atoms. The monoisotopic (exact) mass is 461 g/mol. The lowest BCUT2D eigenvalue weighted by molar-refractivity contribution is -0.123. The first-order valence-electron chi connectivity index (χ1n) is 8.92. The number of carbonyl (C=O) groups excluding carboxylic acids is 2. The molecule has 0 radical (unpaired) electrons. The fourth-order valence-electron chi connectivity index (χ4n) is 2.47. The summed E-state index contributed by atoms with van der Waals surface area (Å²) in [5.41, 5.74) is 0.375. The highest BCUT2D eigenvalue weighted by atomic mass is 32.2. The van der Waals surface area contributed by atoms with Crippen molar-refractivity contribution in [3.63, 3.8) is 0 Å². The number of nitrogens with one attached hydrogen (secondary N) is 2. The number of sulfone groups is 1. The van der Waals surface area contributed by atoms with E-state index in [1.54, 1.807) is 48.5 Å². The lowest BCUT2D eigenvalue weighted by Gasteiger charge is -2.14. The topological polar surface area (TPSA) is 124 Å². The number of aromatic nitrogens is 1. The Morgan fingerprint density at radius 3 is 2.23 bits per heavy atom. The third-order valence-electron chi connectivity index (χ3n) is 3.87. The van der Waals surface area contributed by atoms with Gasteiger partial charge in [-0.15, -0.1) is 0 Å². The van der Waals surface area contributed by atoms with E-state index in [2.05, 4.69) is 15.6 Å². The van der Waals surface area contributed by atoms with Gasteiger partial charge >= 0.3 is 0 Å². The average Bonchev–Trinajstić information content (AvgIpc) is 3.18. The quantitative estimate of drug-likeness (QED) is 0.493. The zero-order valence-electron chi connectivity index (χ0n) is 16.6. The zero-order valence-corrected chi connectivity index (χ0v) is 18.2. The third-order valence-corrected chi connectivity index (χ3v) is 6.57. The minimum Gasteiger partial charge on any atom is -0.493 e. The van der Waals surface area contributed by atoms with Gasteiger partial charge in [-0.05, 0) is 24.3 Å². The molecular formula is C20H19N3O6S2. The standard InChI is InChI=1S/C20H19N3O6S2/c1-28-15-9-5-6-10-16(15)29-14-8-4-3-7-13(14)22-17(24)11-18(25)23-20-21-12-19(30-20)31(2,26)27/h3-10,12H,11H2,1-2H3,(H,22,24)(H,21,23,25). The third kappa shape index (κ3) is 6.03. The van der Waals surface area contributed by atoms with E-state index in [1.807, 2.05) is 0 Å². The minimum absolute atomic E-state index is 0.0228. The molecule has 3 aromatic rings. The van der Waals surface area contributed by atoms with E-state index in [1.165, 1.54) is 7.11 Å². The molecule has 162 valence electrons. The number of hydrogen-bond acceptors (Lipinski definition) is 8. The summed E-state index contributed by atoms with van der Waals surface area (Å²) in [4.78, 5) is 28.3. The van der Waals surface area contributed by atoms with Crippen LogP contribution in [0.1, 0.15) is 6.42 Å². The predicted molar refractivity (Wildman–Crippen MR) is 117 cm³/mol. The van der Waals surface area contributed by atoms with Crippen LogP contribution in [0.3, 0.4) is 0 Å². The number of amides is 2. The predicted octanol–water partition coefficient (Wildman–Crippen LogP) is 3.31. The van der Waals surface area contributed by atoms with Crippen LogP contribution in [0.2, 0.25) is 0 Å². The van der Waals surface area contributed by atoms with Gasteiger partial charge in [0.2, 0.25) is 11.8 Å². The molecule has 2 N–H and O–H groups in total. The highest BCUT2D eigenvalue weighted by Crippen LogP contribution is 2.34. The molecule has 9 nitrogen and oxygen atoms in total. The first-order valence-corrected chi connectivity index (χ1v) is 11.6. The number of benzene rings is 2. The van der Waals surface area contributed by atoms with Crippen LogP contribution >= 0.6 is 11.3 Å². The molecule has 2 aromatic carbocycles. The molecule has 1 heterocycles. The van der Waals surface area contributed by atoms with Gasteiger partial charge in [0, 0.05) is 6.26 Å². The Morgan fingerprint density at radius 1 is 0.968 bits per heavy atom. The summed E-state index contributed by atoms with van der Waals surface area (Å²) in [7, 11) is -1.89. The van der Waals surface area contributed by atoms with Crippen LogP contribution in [0.25, 0.3) is 0 Å². The highest BCUT2D eigenvalue weighted by molar-refractivity contribution is 7.92. The molecule has 2 amide bonds. The number of nitrogens with zero attached hydrogens (tertiary/aromatic N) is 1. The Balaban J connectivity index is 1.64. The molecule has 0 saturated heterocycles. The second-order valence-corrected chi connectivity index (χ2v) is 9.55. The summed E-state index contributed by atoms with van der Waals surface area (Å²) in [5.74, 6) is 0.164. The molecule has 0 unspecified atom stereocenters. The SMILES string of the molecule is COc1ccccc1Oc1ccccc1NC(=O)CC(=O)Nc1ncc(S(C)(=O)=O)s1. The van der Waals surface area contributed by atoms with Crippen molar-refractivity contribution in [3.05, 3.63) is 54.7 Å². The maximum atomic E-state index is 12.3. The van der Waals surface area contributed by atoms with Crippen LogP contribution in [0, 0.1) is 0 Å². The van der Waals surface area contributed by atoms with Crippen LogP contribution < -0.4 is 20.1 Å². The van der Waals surface area contributed by atoms with Crippen LogP contribution in [0.4, 0.5) is 10.8 Å². The Hall–Kier alpha value is -3.44. The number of para-hydroxylation sites is 4. The first-order chi connectivity index (χ1) is 14.8. The summed E-state index contributed by atoms with van der Waals surface area (Å²) in [6, 6.07) is 13.8. The second kappa shape index (κ2) is 9.58. The van der Waals surface area contributed by atoms with E-state index >= 15 is 0 Å². The van der Waals surface area contributed by atoms with E-state index < -0.39 is 28.1 Å². The normalized spacial score (nSPS) is 10.9. The van der Waals surface area contributed by atoms with Gasteiger partial charge in [0.1, 0.15) is 10.6 Å². The molecule has 0 aliphatic rings. The van der Waals surface area contributed by atoms with Gasteiger partial charge in [0.25, 0.3) is 0 Å². The molecule has 1 aromatic heterocycles. The smallest absolute Gasteiger partial charge is 0.235 e. The van der Waals surface area contributed by atoms with E-state index in [0.717, 1.165) is 23.8 Å². The summed E-state index contributed by atoms with van der Waals surface area (Å²) in [5, 5.41) is 5.15. The number of methoxy groups -OCH3 is 1. The molecular weight excluding hydrogens is 442 g/mol. The minimum atomic E-state index is -3.41. The molecule has 0 atom stereocenters. The van der Waals surface area contributed by atoms with Gasteiger partial charge in [-0.1, -0.05) is 35.6 Å². The lowest BCUT2D eigenvalue weighted by Crippen LogP contribution is -2.21. The Morgan fingerprint density at radius 2 is 1.58 bits per heavy atom. The van der Waals surface area contributed by atoms with Crippen molar-refractivity contribution < 1.29 is 27.5 Å². The van der Waals surface area contributed by atoms with Gasteiger partial charge < -0.3 is 20.1 Å². The molecule has 0 aliphatic carbocycles. The van der Waals surface area contributed by atoms with Gasteiger partial charge in [-0.25, -0.2) is 13.4 Å².